The van der Waals surface area contributed by atoms with E-state index in [1.165, 1.54) is 16.7 Å². The Kier molecular flexibility index (Phi) is 10.2. The van der Waals surface area contributed by atoms with Crippen LogP contribution in [0.3, 0.4) is 0 Å². The Labute approximate surface area is 130 Å². The summed E-state index contributed by atoms with van der Waals surface area (Å²) in [5.74, 6) is 0. The summed E-state index contributed by atoms with van der Waals surface area (Å²) in [5.41, 5.74) is 4.82. The van der Waals surface area contributed by atoms with Gasteiger partial charge in [-0.3, -0.25) is 0 Å². The predicted molar refractivity (Wildman–Crippen MR) is 58.7 cm³/mol. The summed E-state index contributed by atoms with van der Waals surface area (Å²) in [5, 5.41) is 9.20. The second kappa shape index (κ2) is 8.96. The molecule has 0 saturated heterocycles. The molecule has 0 bridgehead atoms. The van der Waals surface area contributed by atoms with Gasteiger partial charge in [0, 0.05) is 0 Å². The van der Waals surface area contributed by atoms with Gasteiger partial charge >= 0.3 is 21.7 Å². The third-order valence-electron chi connectivity index (χ3n) is 2.58. The molecule has 1 N–H and O–H groups in total. The van der Waals surface area contributed by atoms with Gasteiger partial charge in [-0.2, -0.15) is 0 Å². The van der Waals surface area contributed by atoms with Crippen molar-refractivity contribution in [2.24, 2.45) is 0 Å². The van der Waals surface area contributed by atoms with Crippen LogP contribution in [0.4, 0.5) is 0 Å². The topological polar surface area (TPSA) is 20.2 Å². The molecule has 4 heteroatoms. The van der Waals surface area contributed by atoms with Crippen LogP contribution < -0.4 is 24.8 Å². The standard InChI is InChI=1S/C13H14O.2ClH.Ti/c1-10-6-7-11(8-10)13-5-3-2-4-12(13)9-14;;;/h2-6,8,14H,7,9H2,1H3;2*1H;/q;;;+2/p-2. The molecule has 0 fully saturated rings. The molecule has 0 heterocycles. The van der Waals surface area contributed by atoms with E-state index in [1.807, 2.05) is 18.2 Å². The minimum atomic E-state index is 0. The minimum Gasteiger partial charge on any atom is -1.00 e. The van der Waals surface area contributed by atoms with E-state index in [0.717, 1.165) is 12.0 Å². The maximum atomic E-state index is 9.20. The van der Waals surface area contributed by atoms with Crippen LogP contribution in [-0.4, -0.2) is 5.11 Å². The van der Waals surface area contributed by atoms with Crippen LogP contribution in [0.1, 0.15) is 24.5 Å². The Morgan fingerprint density at radius 3 is 2.35 bits per heavy atom. The van der Waals surface area contributed by atoms with Gasteiger partial charge in [0.1, 0.15) is 0 Å². The number of hydrogen-bond donors (Lipinski definition) is 1. The summed E-state index contributed by atoms with van der Waals surface area (Å²) in [4.78, 5) is 0. The molecule has 0 atom stereocenters. The zero-order valence-corrected chi connectivity index (χ0v) is 12.7. The van der Waals surface area contributed by atoms with Gasteiger partial charge in [-0.15, -0.1) is 0 Å². The first-order chi connectivity index (χ1) is 6.81. The van der Waals surface area contributed by atoms with E-state index >= 15 is 0 Å². The molecule has 1 aliphatic carbocycles. The summed E-state index contributed by atoms with van der Waals surface area (Å²) in [6, 6.07) is 8.03. The van der Waals surface area contributed by atoms with Crippen LogP contribution in [0.25, 0.3) is 5.57 Å². The normalized spacial score (nSPS) is 12.6. The first-order valence-electron chi connectivity index (χ1n) is 4.87. The Bertz CT molecular complexity index is 414. The second-order valence-electron chi connectivity index (χ2n) is 3.64. The molecule has 0 aromatic heterocycles. The van der Waals surface area contributed by atoms with E-state index in [1.54, 1.807) is 0 Å². The molecule has 90 valence electrons. The molecule has 0 radical (unpaired) electrons. The Hall–Kier alpha value is -0.0457. The van der Waals surface area contributed by atoms with E-state index < -0.39 is 0 Å². The fourth-order valence-electron chi connectivity index (χ4n) is 1.82. The van der Waals surface area contributed by atoms with Crippen molar-refractivity contribution in [3.8, 4) is 0 Å². The van der Waals surface area contributed by atoms with E-state index in [-0.39, 0.29) is 53.1 Å². The van der Waals surface area contributed by atoms with E-state index in [9.17, 15) is 5.11 Å². The third-order valence-corrected chi connectivity index (χ3v) is 2.58. The number of rotatable bonds is 2. The maximum Gasteiger partial charge on any atom is 2.00 e. The number of hydrogen-bond acceptors (Lipinski definition) is 1. The SMILES string of the molecule is CC1=CCC(c2ccccc2CO)=C1.[Cl-].[Cl-].[Ti+2]. The van der Waals surface area contributed by atoms with Gasteiger partial charge in [-0.05, 0) is 30.0 Å². The van der Waals surface area contributed by atoms with Crippen molar-refractivity contribution in [3.63, 3.8) is 0 Å². The predicted octanol–water partition coefficient (Wildman–Crippen LogP) is -3.08. The van der Waals surface area contributed by atoms with Gasteiger partial charge in [0.15, 0.2) is 0 Å². The van der Waals surface area contributed by atoms with Gasteiger partial charge in [0.2, 0.25) is 0 Å². The molecule has 0 saturated carbocycles. The Balaban J connectivity index is 0. The summed E-state index contributed by atoms with van der Waals surface area (Å²) in [6.45, 7) is 2.22. The minimum absolute atomic E-state index is 0. The second-order valence-corrected chi connectivity index (χ2v) is 3.64. The number of allylic oxidation sites excluding steroid dienone is 4. The average Bonchev–Trinajstić information content (AvgIpc) is 2.65. The van der Waals surface area contributed by atoms with Gasteiger partial charge in [0.05, 0.1) is 6.61 Å². The molecule has 1 aromatic rings. The number of benzene rings is 1. The fraction of sp³-hybridized carbons (Fsp3) is 0.231. The molecule has 0 amide bonds. The molecule has 0 unspecified atom stereocenters. The number of halogens is 2. The van der Waals surface area contributed by atoms with Crippen molar-refractivity contribution in [1.82, 2.24) is 0 Å². The molecule has 17 heavy (non-hydrogen) atoms. The van der Waals surface area contributed by atoms with Crippen molar-refractivity contribution in [2.75, 3.05) is 0 Å². The van der Waals surface area contributed by atoms with Crippen LogP contribution in [-0.2, 0) is 28.3 Å². The monoisotopic (exact) mass is 304 g/mol. The largest absolute Gasteiger partial charge is 2.00 e. The van der Waals surface area contributed by atoms with Gasteiger partial charge in [0.25, 0.3) is 0 Å². The number of aliphatic hydroxyl groups is 1. The molecule has 1 aliphatic rings. The van der Waals surface area contributed by atoms with E-state index in [0.29, 0.717) is 0 Å². The molecular formula is C13H14Cl2OTi. The van der Waals surface area contributed by atoms with Crippen LogP contribution in [0.2, 0.25) is 0 Å². The zero-order chi connectivity index (χ0) is 9.97. The molecule has 0 aliphatic heterocycles. The molecule has 2 rings (SSSR count). The Morgan fingerprint density at radius 1 is 1.18 bits per heavy atom. The first kappa shape index (κ1) is 19.3. The van der Waals surface area contributed by atoms with Crippen molar-refractivity contribution >= 4 is 5.57 Å². The van der Waals surface area contributed by atoms with Gasteiger partial charge in [-0.1, -0.05) is 42.0 Å². The zero-order valence-electron chi connectivity index (χ0n) is 9.58. The molecule has 1 nitrogen and oxygen atoms in total. The van der Waals surface area contributed by atoms with Crippen molar-refractivity contribution in [3.05, 3.63) is 53.1 Å². The molecule has 0 spiro atoms. The smallest absolute Gasteiger partial charge is 1.00 e. The van der Waals surface area contributed by atoms with Gasteiger partial charge < -0.3 is 29.9 Å². The van der Waals surface area contributed by atoms with Crippen molar-refractivity contribution in [2.45, 2.75) is 20.0 Å². The van der Waals surface area contributed by atoms with Gasteiger partial charge in [-0.25, -0.2) is 0 Å². The quantitative estimate of drug-likeness (QED) is 0.575. The summed E-state index contributed by atoms with van der Waals surface area (Å²) >= 11 is 0. The first-order valence-corrected chi connectivity index (χ1v) is 4.87. The number of aliphatic hydroxyl groups excluding tert-OH is 1. The fourth-order valence-corrected chi connectivity index (χ4v) is 1.82. The van der Waals surface area contributed by atoms with Crippen molar-refractivity contribution in [1.29, 1.82) is 0 Å². The summed E-state index contributed by atoms with van der Waals surface area (Å²) in [6.07, 6.45) is 5.39. The van der Waals surface area contributed by atoms with Crippen LogP contribution in [0.5, 0.6) is 0 Å². The van der Waals surface area contributed by atoms with Crippen LogP contribution >= 0.6 is 0 Å². The van der Waals surface area contributed by atoms with Crippen molar-refractivity contribution < 1.29 is 51.6 Å². The van der Waals surface area contributed by atoms with Crippen LogP contribution in [0, 0.1) is 0 Å². The maximum absolute atomic E-state index is 9.20. The summed E-state index contributed by atoms with van der Waals surface area (Å²) < 4.78 is 0. The average molecular weight is 305 g/mol. The van der Waals surface area contributed by atoms with E-state index in [2.05, 4.69) is 25.1 Å². The molecule has 1 aromatic carbocycles. The van der Waals surface area contributed by atoms with Crippen LogP contribution in [0.15, 0.2) is 42.0 Å². The van der Waals surface area contributed by atoms with E-state index in [4.69, 9.17) is 0 Å². The Morgan fingerprint density at radius 2 is 1.82 bits per heavy atom. The third kappa shape index (κ3) is 4.61. The molecular weight excluding hydrogens is 291 g/mol. The summed E-state index contributed by atoms with van der Waals surface area (Å²) in [7, 11) is 0.